The molecule has 2 N–H and O–H groups in total. The normalized spacial score (nSPS) is 24.1. The molecule has 2 fully saturated rings. The summed E-state index contributed by atoms with van der Waals surface area (Å²) in [5, 5.41) is 10.5. The summed E-state index contributed by atoms with van der Waals surface area (Å²) in [7, 11) is 0. The minimum Gasteiger partial charge on any atom is -0.332 e. The molecule has 1 amide bonds. The van der Waals surface area contributed by atoms with Gasteiger partial charge in [-0.2, -0.15) is 5.10 Å². The zero-order valence-corrected chi connectivity index (χ0v) is 12.3. The van der Waals surface area contributed by atoms with Crippen LogP contribution in [0.25, 0.3) is 0 Å². The smallest absolute Gasteiger partial charge is 0.223 e. The van der Waals surface area contributed by atoms with Crippen molar-refractivity contribution in [3.05, 3.63) is 11.6 Å². The predicted molar refractivity (Wildman–Crippen MR) is 75.0 cm³/mol. The van der Waals surface area contributed by atoms with E-state index in [0.717, 1.165) is 50.5 Å². The van der Waals surface area contributed by atoms with Gasteiger partial charge in [-0.25, -0.2) is 4.98 Å². The van der Waals surface area contributed by atoms with Gasteiger partial charge in [0.2, 0.25) is 5.91 Å². The molecule has 0 radical (unpaired) electrons. The van der Waals surface area contributed by atoms with Gasteiger partial charge in [0, 0.05) is 13.0 Å². The van der Waals surface area contributed by atoms with Crippen molar-refractivity contribution in [2.24, 2.45) is 5.41 Å². The number of carbonyl (C=O) groups excluding carboxylic acids is 1. The number of hydrogen-bond acceptors (Lipinski definition) is 4. The molecule has 0 aliphatic carbocycles. The van der Waals surface area contributed by atoms with E-state index in [1.54, 1.807) is 0 Å². The van der Waals surface area contributed by atoms with Crippen molar-refractivity contribution < 1.29 is 4.79 Å². The predicted octanol–water partition coefficient (Wildman–Crippen LogP) is 1.17. The third-order valence-corrected chi connectivity index (χ3v) is 4.82. The number of H-pyrrole nitrogens is 1. The lowest BCUT2D eigenvalue weighted by molar-refractivity contribution is -0.141. The fourth-order valence-electron chi connectivity index (χ4n) is 3.45. The summed E-state index contributed by atoms with van der Waals surface area (Å²) < 4.78 is 0. The van der Waals surface area contributed by atoms with Crippen molar-refractivity contribution >= 4 is 5.91 Å². The highest BCUT2D eigenvalue weighted by Gasteiger charge is 2.41. The molecular formula is C14H23N5O. The second-order valence-corrected chi connectivity index (χ2v) is 6.23. The van der Waals surface area contributed by atoms with Crippen LogP contribution in [0.5, 0.6) is 0 Å². The summed E-state index contributed by atoms with van der Waals surface area (Å²) in [6.45, 7) is 6.89. The van der Waals surface area contributed by atoms with Crippen molar-refractivity contribution in [3.63, 3.8) is 0 Å². The SMILES string of the molecule is Cc1nc([C@H](C)N2CC3(CCNCC3)CCC2=O)n[nH]1. The van der Waals surface area contributed by atoms with Gasteiger partial charge >= 0.3 is 0 Å². The summed E-state index contributed by atoms with van der Waals surface area (Å²) in [5.74, 6) is 1.76. The van der Waals surface area contributed by atoms with E-state index >= 15 is 0 Å². The van der Waals surface area contributed by atoms with Crippen molar-refractivity contribution in [3.8, 4) is 0 Å². The lowest BCUT2D eigenvalue weighted by Crippen LogP contribution is -2.51. The second kappa shape index (κ2) is 5.16. The summed E-state index contributed by atoms with van der Waals surface area (Å²) in [6, 6.07) is -0.0421. The van der Waals surface area contributed by atoms with Crippen molar-refractivity contribution in [2.75, 3.05) is 19.6 Å². The average Bonchev–Trinajstić information content (AvgIpc) is 2.89. The van der Waals surface area contributed by atoms with Crippen LogP contribution in [0.1, 0.15) is 50.3 Å². The van der Waals surface area contributed by atoms with Crippen molar-refractivity contribution in [1.29, 1.82) is 0 Å². The van der Waals surface area contributed by atoms with E-state index in [2.05, 4.69) is 20.5 Å². The molecule has 6 heteroatoms. The third kappa shape index (κ3) is 2.44. The molecule has 1 aromatic heterocycles. The fraction of sp³-hybridized carbons (Fsp3) is 0.786. The molecule has 20 heavy (non-hydrogen) atoms. The molecule has 2 saturated heterocycles. The summed E-state index contributed by atoms with van der Waals surface area (Å²) >= 11 is 0. The van der Waals surface area contributed by atoms with Crippen LogP contribution in [0.15, 0.2) is 0 Å². The van der Waals surface area contributed by atoms with Crippen LogP contribution in [0.4, 0.5) is 0 Å². The van der Waals surface area contributed by atoms with E-state index in [4.69, 9.17) is 0 Å². The van der Waals surface area contributed by atoms with E-state index < -0.39 is 0 Å². The number of hydrogen-bond donors (Lipinski definition) is 2. The lowest BCUT2D eigenvalue weighted by atomic mass is 9.72. The number of aryl methyl sites for hydroxylation is 1. The number of likely N-dealkylation sites (tertiary alicyclic amines) is 1. The molecule has 6 nitrogen and oxygen atoms in total. The largest absolute Gasteiger partial charge is 0.332 e. The number of carbonyl (C=O) groups is 1. The molecule has 0 aromatic carbocycles. The Labute approximate surface area is 119 Å². The minimum atomic E-state index is -0.0421. The highest BCUT2D eigenvalue weighted by molar-refractivity contribution is 5.77. The van der Waals surface area contributed by atoms with Gasteiger partial charge in [-0.3, -0.25) is 9.89 Å². The number of aromatic amines is 1. The number of nitrogens with zero attached hydrogens (tertiary/aromatic N) is 3. The van der Waals surface area contributed by atoms with Gasteiger partial charge < -0.3 is 10.2 Å². The molecule has 2 aliphatic heterocycles. The number of piperidine rings is 2. The Morgan fingerprint density at radius 1 is 1.30 bits per heavy atom. The lowest BCUT2D eigenvalue weighted by Gasteiger charge is -2.46. The van der Waals surface area contributed by atoms with Crippen molar-refractivity contribution in [1.82, 2.24) is 25.4 Å². The van der Waals surface area contributed by atoms with Crippen LogP contribution in [-0.2, 0) is 4.79 Å². The number of nitrogens with one attached hydrogen (secondary N) is 2. The first kappa shape index (κ1) is 13.5. The zero-order chi connectivity index (χ0) is 14.2. The highest BCUT2D eigenvalue weighted by atomic mass is 16.2. The van der Waals surface area contributed by atoms with Gasteiger partial charge in [-0.05, 0) is 51.6 Å². The van der Waals surface area contributed by atoms with Gasteiger partial charge in [0.15, 0.2) is 5.82 Å². The average molecular weight is 277 g/mol. The third-order valence-electron chi connectivity index (χ3n) is 4.82. The Morgan fingerprint density at radius 3 is 2.70 bits per heavy atom. The van der Waals surface area contributed by atoms with Crippen LogP contribution >= 0.6 is 0 Å². The first-order valence-electron chi connectivity index (χ1n) is 7.49. The summed E-state index contributed by atoms with van der Waals surface area (Å²) in [4.78, 5) is 18.7. The number of amides is 1. The van der Waals surface area contributed by atoms with E-state index in [1.807, 2.05) is 18.7 Å². The first-order chi connectivity index (χ1) is 9.60. The molecule has 3 heterocycles. The molecule has 1 spiro atoms. The van der Waals surface area contributed by atoms with E-state index in [1.165, 1.54) is 0 Å². The van der Waals surface area contributed by atoms with Gasteiger partial charge in [0.25, 0.3) is 0 Å². The molecule has 0 saturated carbocycles. The molecule has 0 unspecified atom stereocenters. The maximum atomic E-state index is 12.3. The Kier molecular flexibility index (Phi) is 3.50. The second-order valence-electron chi connectivity index (χ2n) is 6.23. The topological polar surface area (TPSA) is 73.9 Å². The summed E-state index contributed by atoms with van der Waals surface area (Å²) in [6.07, 6.45) is 4.02. The fourth-order valence-corrected chi connectivity index (χ4v) is 3.45. The molecule has 110 valence electrons. The Bertz CT molecular complexity index is 492. The van der Waals surface area contributed by atoms with Crippen LogP contribution in [0.3, 0.4) is 0 Å². The van der Waals surface area contributed by atoms with Crippen LogP contribution in [-0.4, -0.2) is 45.6 Å². The Balaban J connectivity index is 1.78. The maximum absolute atomic E-state index is 12.3. The quantitative estimate of drug-likeness (QED) is 0.851. The standard InChI is InChI=1S/C14H23N5O/c1-10(13-16-11(2)17-18-13)19-9-14(4-3-12(19)20)5-7-15-8-6-14/h10,15H,3-9H2,1-2H3,(H,16,17,18)/t10-/m0/s1. The number of rotatable bonds is 2. The van der Waals surface area contributed by atoms with Gasteiger partial charge in [-0.1, -0.05) is 0 Å². The molecular weight excluding hydrogens is 254 g/mol. The molecule has 2 aliphatic rings. The first-order valence-corrected chi connectivity index (χ1v) is 7.49. The van der Waals surface area contributed by atoms with Crippen molar-refractivity contribution in [2.45, 2.75) is 45.6 Å². The molecule has 0 bridgehead atoms. The highest BCUT2D eigenvalue weighted by Crippen LogP contribution is 2.40. The molecule has 3 rings (SSSR count). The maximum Gasteiger partial charge on any atom is 0.223 e. The molecule has 1 atom stereocenters. The Hall–Kier alpha value is -1.43. The van der Waals surface area contributed by atoms with E-state index in [0.29, 0.717) is 11.8 Å². The minimum absolute atomic E-state index is 0.0421. The summed E-state index contributed by atoms with van der Waals surface area (Å²) in [5.41, 5.74) is 0.304. The van der Waals surface area contributed by atoms with E-state index in [9.17, 15) is 4.79 Å². The monoisotopic (exact) mass is 277 g/mol. The van der Waals surface area contributed by atoms with Gasteiger partial charge in [0.1, 0.15) is 5.82 Å². The zero-order valence-electron chi connectivity index (χ0n) is 12.3. The Morgan fingerprint density at radius 2 is 2.05 bits per heavy atom. The number of aromatic nitrogens is 3. The van der Waals surface area contributed by atoms with Gasteiger partial charge in [-0.15, -0.1) is 0 Å². The van der Waals surface area contributed by atoms with Crippen LogP contribution < -0.4 is 5.32 Å². The van der Waals surface area contributed by atoms with Crippen LogP contribution in [0, 0.1) is 12.3 Å². The van der Waals surface area contributed by atoms with Gasteiger partial charge in [0.05, 0.1) is 6.04 Å². The van der Waals surface area contributed by atoms with E-state index in [-0.39, 0.29) is 11.9 Å². The van der Waals surface area contributed by atoms with Crippen LogP contribution in [0.2, 0.25) is 0 Å². The molecule has 1 aromatic rings.